The number of carboxylic acid groups (broad SMARTS) is 1. The molecule has 1 aliphatic heterocycles. The van der Waals surface area contributed by atoms with Crippen LogP contribution >= 0.6 is 12.4 Å². The lowest BCUT2D eigenvalue weighted by atomic mass is 9.88. The van der Waals surface area contributed by atoms with Gasteiger partial charge in [0.2, 0.25) is 0 Å². The summed E-state index contributed by atoms with van der Waals surface area (Å²) in [6, 6.07) is 10.6. The quantitative estimate of drug-likeness (QED) is 0.926. The summed E-state index contributed by atoms with van der Waals surface area (Å²) >= 11 is 0. The fourth-order valence-electron chi connectivity index (χ4n) is 3.15. The van der Waals surface area contributed by atoms with E-state index in [1.807, 2.05) is 6.07 Å². The minimum Gasteiger partial charge on any atom is -0.480 e. The third-order valence-electron chi connectivity index (χ3n) is 4.49. The maximum atomic E-state index is 11.3. The predicted octanol–water partition coefficient (Wildman–Crippen LogP) is 2.91. The second-order valence-corrected chi connectivity index (χ2v) is 5.51. The molecule has 1 aliphatic carbocycles. The molecule has 0 bridgehead atoms. The van der Waals surface area contributed by atoms with E-state index >= 15 is 0 Å². The number of hydrogen-bond donors (Lipinski definition) is 1. The van der Waals surface area contributed by atoms with Crippen LogP contribution in [0.3, 0.4) is 0 Å². The van der Waals surface area contributed by atoms with E-state index in [-0.39, 0.29) is 12.4 Å². The first-order valence-electron chi connectivity index (χ1n) is 6.76. The Kier molecular flexibility index (Phi) is 4.16. The summed E-state index contributed by atoms with van der Waals surface area (Å²) in [4.78, 5) is 13.5. The summed E-state index contributed by atoms with van der Waals surface area (Å²) in [6.07, 6.45) is 3.83. The van der Waals surface area contributed by atoms with E-state index in [0.717, 1.165) is 38.8 Å². The van der Waals surface area contributed by atoms with Crippen LogP contribution in [0.2, 0.25) is 0 Å². The molecule has 0 unspecified atom stereocenters. The van der Waals surface area contributed by atoms with Crippen LogP contribution in [0.15, 0.2) is 30.3 Å². The third-order valence-corrected chi connectivity index (χ3v) is 4.49. The molecule has 1 saturated heterocycles. The fraction of sp³-hybridized carbons (Fsp3) is 0.533. The number of hydrogen-bond acceptors (Lipinski definition) is 2. The van der Waals surface area contributed by atoms with E-state index in [0.29, 0.717) is 5.92 Å². The number of nitrogens with zero attached hydrogens (tertiary/aromatic N) is 1. The molecule has 104 valence electrons. The zero-order chi connectivity index (χ0) is 12.6. The second kappa shape index (κ2) is 5.51. The van der Waals surface area contributed by atoms with Gasteiger partial charge in [0, 0.05) is 0 Å². The van der Waals surface area contributed by atoms with E-state index < -0.39 is 11.5 Å². The molecule has 2 fully saturated rings. The van der Waals surface area contributed by atoms with E-state index in [1.165, 1.54) is 5.56 Å². The number of benzene rings is 1. The average Bonchev–Trinajstić information content (AvgIpc) is 3.22. The molecule has 0 spiro atoms. The largest absolute Gasteiger partial charge is 0.480 e. The molecule has 0 radical (unpaired) electrons. The lowest BCUT2D eigenvalue weighted by molar-refractivity contribution is -0.145. The highest BCUT2D eigenvalue weighted by Gasteiger charge is 2.55. The van der Waals surface area contributed by atoms with Gasteiger partial charge < -0.3 is 5.11 Å². The molecular formula is C15H20ClNO2. The van der Waals surface area contributed by atoms with Gasteiger partial charge in [-0.1, -0.05) is 30.3 Å². The molecule has 4 heteroatoms. The molecule has 19 heavy (non-hydrogen) atoms. The first kappa shape index (κ1) is 14.4. The van der Waals surface area contributed by atoms with E-state index in [1.54, 1.807) is 0 Å². The van der Waals surface area contributed by atoms with Crippen molar-refractivity contribution in [3.8, 4) is 0 Å². The zero-order valence-electron chi connectivity index (χ0n) is 10.9. The molecule has 0 atom stereocenters. The van der Waals surface area contributed by atoms with Crippen molar-refractivity contribution in [2.24, 2.45) is 0 Å². The van der Waals surface area contributed by atoms with Gasteiger partial charge in [0.05, 0.1) is 0 Å². The highest BCUT2D eigenvalue weighted by atomic mass is 35.5. The molecule has 0 aromatic heterocycles. The van der Waals surface area contributed by atoms with Gasteiger partial charge in [-0.25, -0.2) is 0 Å². The Labute approximate surface area is 120 Å². The highest BCUT2D eigenvalue weighted by Crippen LogP contribution is 2.44. The SMILES string of the molecule is Cl.O=C(O)C1(N2CCC(c3ccccc3)CC2)CC1. The Bertz CT molecular complexity index is 437. The highest BCUT2D eigenvalue weighted by molar-refractivity contribution is 5.85. The normalized spacial score (nSPS) is 22.5. The van der Waals surface area contributed by atoms with Gasteiger partial charge in [0.25, 0.3) is 0 Å². The van der Waals surface area contributed by atoms with Gasteiger partial charge in [0.1, 0.15) is 5.54 Å². The smallest absolute Gasteiger partial charge is 0.324 e. The number of carbonyl (C=O) groups is 1. The van der Waals surface area contributed by atoms with Crippen LogP contribution < -0.4 is 0 Å². The van der Waals surface area contributed by atoms with Crippen LogP contribution in [-0.4, -0.2) is 34.6 Å². The third kappa shape index (κ3) is 2.63. The van der Waals surface area contributed by atoms with Crippen LogP contribution in [0.5, 0.6) is 0 Å². The molecule has 1 aromatic carbocycles. The van der Waals surface area contributed by atoms with Crippen molar-refractivity contribution in [2.75, 3.05) is 13.1 Å². The molecular weight excluding hydrogens is 262 g/mol. The molecule has 1 aromatic rings. The van der Waals surface area contributed by atoms with Crippen molar-refractivity contribution in [3.05, 3.63) is 35.9 Å². The van der Waals surface area contributed by atoms with Gasteiger partial charge in [-0.15, -0.1) is 12.4 Å². The van der Waals surface area contributed by atoms with Crippen molar-refractivity contribution in [3.63, 3.8) is 0 Å². The number of aliphatic carboxylic acids is 1. The Morgan fingerprint density at radius 1 is 1.16 bits per heavy atom. The van der Waals surface area contributed by atoms with Crippen LogP contribution in [0.25, 0.3) is 0 Å². The van der Waals surface area contributed by atoms with Crippen LogP contribution in [0.1, 0.15) is 37.2 Å². The van der Waals surface area contributed by atoms with Crippen LogP contribution in [0.4, 0.5) is 0 Å². The Morgan fingerprint density at radius 2 is 1.74 bits per heavy atom. The minimum atomic E-state index is -0.624. The molecule has 1 N–H and O–H groups in total. The van der Waals surface area contributed by atoms with Gasteiger partial charge in [-0.3, -0.25) is 9.69 Å². The predicted molar refractivity (Wildman–Crippen MR) is 76.8 cm³/mol. The lowest BCUT2D eigenvalue weighted by Gasteiger charge is -2.36. The number of rotatable bonds is 3. The second-order valence-electron chi connectivity index (χ2n) is 5.51. The summed E-state index contributed by atoms with van der Waals surface area (Å²) < 4.78 is 0. The maximum Gasteiger partial charge on any atom is 0.324 e. The Morgan fingerprint density at radius 3 is 2.21 bits per heavy atom. The van der Waals surface area contributed by atoms with E-state index in [9.17, 15) is 9.90 Å². The van der Waals surface area contributed by atoms with Gasteiger partial charge in [0.15, 0.2) is 0 Å². The summed E-state index contributed by atoms with van der Waals surface area (Å²) in [7, 11) is 0. The topological polar surface area (TPSA) is 40.5 Å². The zero-order valence-corrected chi connectivity index (χ0v) is 11.7. The van der Waals surface area contributed by atoms with Crippen molar-refractivity contribution < 1.29 is 9.90 Å². The Hall–Kier alpha value is -1.06. The molecule has 3 nitrogen and oxygen atoms in total. The lowest BCUT2D eigenvalue weighted by Crippen LogP contribution is -2.47. The van der Waals surface area contributed by atoms with E-state index in [4.69, 9.17) is 0 Å². The number of likely N-dealkylation sites (tertiary alicyclic amines) is 1. The van der Waals surface area contributed by atoms with Crippen molar-refractivity contribution in [1.82, 2.24) is 4.90 Å². The molecule has 0 amide bonds. The maximum absolute atomic E-state index is 11.3. The van der Waals surface area contributed by atoms with Crippen LogP contribution in [-0.2, 0) is 4.79 Å². The van der Waals surface area contributed by atoms with Gasteiger partial charge in [-0.2, -0.15) is 0 Å². The summed E-state index contributed by atoms with van der Waals surface area (Å²) in [6.45, 7) is 1.84. The minimum absolute atomic E-state index is 0. The van der Waals surface area contributed by atoms with Crippen molar-refractivity contribution in [2.45, 2.75) is 37.1 Å². The van der Waals surface area contributed by atoms with Gasteiger partial charge in [-0.05, 0) is 50.3 Å². The molecule has 2 aliphatic rings. The molecule has 1 heterocycles. The van der Waals surface area contributed by atoms with Crippen molar-refractivity contribution in [1.29, 1.82) is 0 Å². The van der Waals surface area contributed by atoms with Gasteiger partial charge >= 0.3 is 5.97 Å². The fourth-order valence-corrected chi connectivity index (χ4v) is 3.15. The number of piperidine rings is 1. The summed E-state index contributed by atoms with van der Waals surface area (Å²) in [5.41, 5.74) is 0.902. The molecule has 3 rings (SSSR count). The summed E-state index contributed by atoms with van der Waals surface area (Å²) in [5, 5.41) is 9.30. The average molecular weight is 282 g/mol. The first-order valence-corrected chi connectivity index (χ1v) is 6.76. The Balaban J connectivity index is 0.00000133. The van der Waals surface area contributed by atoms with Crippen molar-refractivity contribution >= 4 is 18.4 Å². The molecule has 1 saturated carbocycles. The van der Waals surface area contributed by atoms with E-state index in [2.05, 4.69) is 29.2 Å². The number of carboxylic acids is 1. The first-order chi connectivity index (χ1) is 8.72. The summed E-state index contributed by atoms with van der Waals surface area (Å²) in [5.74, 6) is -0.0206. The monoisotopic (exact) mass is 281 g/mol. The standard InChI is InChI=1S/C15H19NO2.ClH/c17-14(18)15(8-9-15)16-10-6-13(7-11-16)12-4-2-1-3-5-12;/h1-5,13H,6-11H2,(H,17,18);1H. The number of halogens is 1. The van der Waals surface area contributed by atoms with Crippen LogP contribution in [0, 0.1) is 0 Å².